The minimum Gasteiger partial charge on any atom is -0.355 e. The van der Waals surface area contributed by atoms with Crippen LogP contribution in [0.2, 0.25) is 0 Å². The van der Waals surface area contributed by atoms with Crippen molar-refractivity contribution >= 4 is 15.7 Å². The third-order valence-electron chi connectivity index (χ3n) is 2.69. The molecule has 0 saturated carbocycles. The van der Waals surface area contributed by atoms with E-state index in [1.54, 1.807) is 0 Å². The molecular weight excluding hydrogens is 228 g/mol. The quantitative estimate of drug-likeness (QED) is 0.727. The van der Waals surface area contributed by atoms with Crippen molar-refractivity contribution in [1.29, 1.82) is 0 Å². The van der Waals surface area contributed by atoms with Crippen molar-refractivity contribution in [3.05, 3.63) is 0 Å². The highest BCUT2D eigenvalue weighted by Gasteiger charge is 2.29. The Bertz CT molecular complexity index is 338. The molecule has 0 aromatic heterocycles. The molecule has 1 fully saturated rings. The molecule has 1 aliphatic heterocycles. The summed E-state index contributed by atoms with van der Waals surface area (Å²) in [7, 11) is 0.866. The minimum atomic E-state index is -2.99. The van der Waals surface area contributed by atoms with Crippen LogP contribution in [0, 0.1) is 5.92 Å². The summed E-state index contributed by atoms with van der Waals surface area (Å²) in [4.78, 5) is 13.6. The molecule has 0 aromatic rings. The van der Waals surface area contributed by atoms with E-state index in [9.17, 15) is 13.2 Å². The van der Waals surface area contributed by atoms with Crippen molar-refractivity contribution in [2.45, 2.75) is 12.8 Å². The van der Waals surface area contributed by atoms with E-state index < -0.39 is 9.84 Å². The maximum Gasteiger partial charge on any atom is 0.224 e. The van der Waals surface area contributed by atoms with Crippen LogP contribution in [0.25, 0.3) is 0 Å². The number of amides is 1. The van der Waals surface area contributed by atoms with Crippen LogP contribution in [0.3, 0.4) is 0 Å². The van der Waals surface area contributed by atoms with Gasteiger partial charge < -0.3 is 10.2 Å². The molecule has 1 N–H and O–H groups in total. The van der Waals surface area contributed by atoms with Gasteiger partial charge in [0.25, 0.3) is 0 Å². The Balaban J connectivity index is 2.36. The van der Waals surface area contributed by atoms with Crippen LogP contribution in [-0.4, -0.2) is 57.9 Å². The zero-order chi connectivity index (χ0) is 12.2. The van der Waals surface area contributed by atoms with Gasteiger partial charge in [-0.1, -0.05) is 0 Å². The molecule has 1 rings (SSSR count). The number of carbonyl (C=O) groups is 1. The first-order valence-corrected chi connectivity index (χ1v) is 7.36. The van der Waals surface area contributed by atoms with Gasteiger partial charge in [-0.05, 0) is 26.9 Å². The molecule has 0 spiro atoms. The molecule has 0 radical (unpaired) electrons. The molecule has 1 amide bonds. The SMILES string of the molecule is CN(C)CCNC(=O)C1CCCS(=O)(=O)C1. The van der Waals surface area contributed by atoms with Crippen LogP contribution >= 0.6 is 0 Å². The topological polar surface area (TPSA) is 66.5 Å². The van der Waals surface area contributed by atoms with Gasteiger partial charge in [-0.25, -0.2) is 8.42 Å². The number of nitrogens with one attached hydrogen (secondary N) is 1. The lowest BCUT2D eigenvalue weighted by Crippen LogP contribution is -2.40. The van der Waals surface area contributed by atoms with Crippen molar-refractivity contribution in [3.63, 3.8) is 0 Å². The summed E-state index contributed by atoms with van der Waals surface area (Å²) in [5, 5.41) is 2.78. The molecule has 94 valence electrons. The highest BCUT2D eigenvalue weighted by atomic mass is 32.2. The molecule has 1 heterocycles. The van der Waals surface area contributed by atoms with E-state index in [4.69, 9.17) is 0 Å². The fourth-order valence-electron chi connectivity index (χ4n) is 1.78. The number of sulfone groups is 1. The van der Waals surface area contributed by atoms with E-state index in [1.807, 2.05) is 19.0 Å². The van der Waals surface area contributed by atoms with Gasteiger partial charge in [0, 0.05) is 13.1 Å². The highest BCUT2D eigenvalue weighted by molar-refractivity contribution is 7.91. The van der Waals surface area contributed by atoms with Gasteiger partial charge in [-0.15, -0.1) is 0 Å². The standard InChI is InChI=1S/C10H20N2O3S/c1-12(2)6-5-11-10(13)9-4-3-7-16(14,15)8-9/h9H,3-8H2,1-2H3,(H,11,13). The van der Waals surface area contributed by atoms with Crippen LogP contribution in [0.5, 0.6) is 0 Å². The summed E-state index contributed by atoms with van der Waals surface area (Å²) in [6.45, 7) is 1.34. The van der Waals surface area contributed by atoms with E-state index >= 15 is 0 Å². The van der Waals surface area contributed by atoms with Gasteiger partial charge in [0.15, 0.2) is 9.84 Å². The normalized spacial score (nSPS) is 24.3. The summed E-state index contributed by atoms with van der Waals surface area (Å²) in [6.07, 6.45) is 1.29. The fraction of sp³-hybridized carbons (Fsp3) is 0.900. The number of likely N-dealkylation sites (N-methyl/N-ethyl adjacent to an activating group) is 1. The molecule has 6 heteroatoms. The van der Waals surface area contributed by atoms with E-state index in [-0.39, 0.29) is 23.3 Å². The average molecular weight is 248 g/mol. The van der Waals surface area contributed by atoms with Gasteiger partial charge in [0.1, 0.15) is 0 Å². The second-order valence-electron chi connectivity index (χ2n) is 4.55. The van der Waals surface area contributed by atoms with Crippen molar-refractivity contribution < 1.29 is 13.2 Å². The smallest absolute Gasteiger partial charge is 0.224 e. The Morgan fingerprint density at radius 1 is 1.44 bits per heavy atom. The predicted molar refractivity (Wildman–Crippen MR) is 62.9 cm³/mol. The van der Waals surface area contributed by atoms with Crippen LogP contribution in [-0.2, 0) is 14.6 Å². The molecule has 0 aliphatic carbocycles. The average Bonchev–Trinajstić information content (AvgIpc) is 2.15. The molecular formula is C10H20N2O3S. The van der Waals surface area contributed by atoms with Gasteiger partial charge in [-0.2, -0.15) is 0 Å². The Morgan fingerprint density at radius 3 is 2.69 bits per heavy atom. The Morgan fingerprint density at radius 2 is 2.12 bits per heavy atom. The Hall–Kier alpha value is -0.620. The second-order valence-corrected chi connectivity index (χ2v) is 6.78. The van der Waals surface area contributed by atoms with Crippen LogP contribution in [0.15, 0.2) is 0 Å². The molecule has 1 aliphatic rings. The van der Waals surface area contributed by atoms with E-state index in [0.717, 1.165) is 6.54 Å². The van der Waals surface area contributed by atoms with Gasteiger partial charge in [-0.3, -0.25) is 4.79 Å². The van der Waals surface area contributed by atoms with Crippen LogP contribution in [0.1, 0.15) is 12.8 Å². The van der Waals surface area contributed by atoms with Gasteiger partial charge >= 0.3 is 0 Å². The number of nitrogens with zero attached hydrogens (tertiary/aromatic N) is 1. The third-order valence-corrected chi connectivity index (χ3v) is 4.51. The zero-order valence-electron chi connectivity index (χ0n) is 9.90. The minimum absolute atomic E-state index is 0.0147. The van der Waals surface area contributed by atoms with E-state index in [0.29, 0.717) is 19.4 Å². The first-order chi connectivity index (χ1) is 7.41. The first-order valence-electron chi connectivity index (χ1n) is 5.53. The highest BCUT2D eigenvalue weighted by Crippen LogP contribution is 2.18. The molecule has 1 unspecified atom stereocenters. The summed E-state index contributed by atoms with van der Waals surface area (Å²) >= 11 is 0. The molecule has 5 nitrogen and oxygen atoms in total. The van der Waals surface area contributed by atoms with Gasteiger partial charge in [0.2, 0.25) is 5.91 Å². The van der Waals surface area contributed by atoms with E-state index in [1.165, 1.54) is 0 Å². The van der Waals surface area contributed by atoms with Crippen LogP contribution < -0.4 is 5.32 Å². The number of rotatable bonds is 4. The lowest BCUT2D eigenvalue weighted by Gasteiger charge is -2.21. The summed E-state index contributed by atoms with van der Waals surface area (Å²) in [5.74, 6) is -0.221. The lowest BCUT2D eigenvalue weighted by atomic mass is 10.0. The van der Waals surface area contributed by atoms with Crippen LogP contribution in [0.4, 0.5) is 0 Å². The van der Waals surface area contributed by atoms with Crippen molar-refractivity contribution in [1.82, 2.24) is 10.2 Å². The maximum absolute atomic E-state index is 11.7. The summed E-state index contributed by atoms with van der Waals surface area (Å²) < 4.78 is 22.7. The van der Waals surface area contributed by atoms with Gasteiger partial charge in [0.05, 0.1) is 17.4 Å². The maximum atomic E-state index is 11.7. The Kier molecular flexibility index (Phi) is 4.73. The molecule has 1 saturated heterocycles. The van der Waals surface area contributed by atoms with E-state index in [2.05, 4.69) is 5.32 Å². The molecule has 1 atom stereocenters. The zero-order valence-corrected chi connectivity index (χ0v) is 10.7. The number of hydrogen-bond acceptors (Lipinski definition) is 4. The number of carbonyl (C=O) groups excluding carboxylic acids is 1. The van der Waals surface area contributed by atoms with Crippen molar-refractivity contribution in [3.8, 4) is 0 Å². The summed E-state index contributed by atoms with van der Waals surface area (Å²) in [6, 6.07) is 0. The summed E-state index contributed by atoms with van der Waals surface area (Å²) in [5.41, 5.74) is 0. The monoisotopic (exact) mass is 248 g/mol. The Labute approximate surface area is 97.1 Å². The fourth-order valence-corrected chi connectivity index (χ4v) is 3.48. The molecule has 0 aromatic carbocycles. The predicted octanol–water partition coefficient (Wildman–Crippen LogP) is -0.511. The largest absolute Gasteiger partial charge is 0.355 e. The van der Waals surface area contributed by atoms with Crippen molar-refractivity contribution in [2.75, 3.05) is 38.7 Å². The van der Waals surface area contributed by atoms with Crippen molar-refractivity contribution in [2.24, 2.45) is 5.92 Å². The molecule has 0 bridgehead atoms. The lowest BCUT2D eigenvalue weighted by molar-refractivity contribution is -0.124. The molecule has 16 heavy (non-hydrogen) atoms. The second kappa shape index (κ2) is 5.63. The number of hydrogen-bond donors (Lipinski definition) is 1. The third kappa shape index (κ3) is 4.49. The first kappa shape index (κ1) is 13.4.